The molecule has 110 valence electrons. The second-order valence-corrected chi connectivity index (χ2v) is 7.68. The van der Waals surface area contributed by atoms with Crippen molar-refractivity contribution in [1.82, 2.24) is 0 Å². The van der Waals surface area contributed by atoms with Crippen LogP contribution in [0.5, 0.6) is 0 Å². The van der Waals surface area contributed by atoms with Gasteiger partial charge in [-0.25, -0.2) is 0 Å². The van der Waals surface area contributed by atoms with Crippen molar-refractivity contribution in [1.29, 1.82) is 0 Å². The van der Waals surface area contributed by atoms with Crippen LogP contribution in [0.3, 0.4) is 0 Å². The van der Waals surface area contributed by atoms with Gasteiger partial charge in [0.05, 0.1) is 5.54 Å². The summed E-state index contributed by atoms with van der Waals surface area (Å²) in [4.78, 5) is 12.8. The minimum Gasteiger partial charge on any atom is -0.385 e. The van der Waals surface area contributed by atoms with Crippen LogP contribution in [0.15, 0.2) is 0 Å². The summed E-state index contributed by atoms with van der Waals surface area (Å²) in [5.41, 5.74) is 10.2. The molecule has 3 nitrogen and oxygen atoms in total. The Morgan fingerprint density at radius 2 is 1.59 bits per heavy atom. The molecular formula is C12H20B6ClNO2. The van der Waals surface area contributed by atoms with Crippen molar-refractivity contribution in [3.8, 4) is 0 Å². The van der Waals surface area contributed by atoms with E-state index < -0.39 is 16.9 Å². The molecule has 0 spiro atoms. The largest absolute Gasteiger partial charge is 0.385 e. The molecule has 1 aromatic rings. The van der Waals surface area contributed by atoms with Gasteiger partial charge in [0.25, 0.3) is 0 Å². The molecule has 0 amide bonds. The highest BCUT2D eigenvalue weighted by Gasteiger charge is 2.55. The zero-order valence-corrected chi connectivity index (χ0v) is 15.1. The van der Waals surface area contributed by atoms with E-state index in [2.05, 4.69) is 0 Å². The van der Waals surface area contributed by atoms with Gasteiger partial charge in [0.1, 0.15) is 53.2 Å². The monoisotopic (exact) mass is 311 g/mol. The van der Waals surface area contributed by atoms with Gasteiger partial charge < -0.3 is 10.8 Å². The maximum absolute atomic E-state index is 12.8. The number of aliphatic hydroxyl groups is 1. The molecule has 0 radical (unpaired) electrons. The molecule has 0 heterocycles. The summed E-state index contributed by atoms with van der Waals surface area (Å²) in [6.45, 7) is 0. The fourth-order valence-electron chi connectivity index (χ4n) is 3.62. The summed E-state index contributed by atoms with van der Waals surface area (Å²) in [5.74, 6) is -0.323. The number of hydrogen-bond acceptors (Lipinski definition) is 3. The molecule has 1 fully saturated rings. The number of benzene rings is 1. The maximum Gasteiger partial charge on any atom is 0.184 e. The number of ketones is 1. The molecule has 0 aliphatic heterocycles. The van der Waals surface area contributed by atoms with Gasteiger partial charge in [-0.05, 0) is 12.0 Å². The van der Waals surface area contributed by atoms with E-state index in [1.807, 2.05) is 47.1 Å². The number of halogens is 1. The number of aliphatic hydroxyl groups excluding tert-OH is 1. The van der Waals surface area contributed by atoms with Crippen LogP contribution >= 0.6 is 11.6 Å². The third-order valence-corrected chi connectivity index (χ3v) is 6.28. The highest BCUT2D eigenvalue weighted by atomic mass is 35.5. The first kappa shape index (κ1) is 17.8. The molecule has 22 heavy (non-hydrogen) atoms. The standard InChI is InChI=1S/C12H20B6ClNO2/c13-5-4(9(19)8(16)7(15)6(5)14)12(20)10(22)3(21)1-2-11(12,17)18/h3,21H,1-2,13-18,20H2. The lowest BCUT2D eigenvalue weighted by Crippen LogP contribution is -2.65. The molecule has 2 unspecified atom stereocenters. The Balaban J connectivity index is 2.86. The Labute approximate surface area is 142 Å². The predicted molar refractivity (Wildman–Crippen MR) is 110 cm³/mol. The van der Waals surface area contributed by atoms with Crippen LogP contribution < -0.4 is 27.6 Å². The van der Waals surface area contributed by atoms with Crippen molar-refractivity contribution >= 4 is 86.3 Å². The molecule has 1 aliphatic rings. The third-order valence-electron chi connectivity index (χ3n) is 5.81. The number of rotatable bonds is 1. The molecule has 10 heteroatoms. The first-order valence-corrected chi connectivity index (χ1v) is 8.12. The van der Waals surface area contributed by atoms with Crippen molar-refractivity contribution in [2.24, 2.45) is 5.73 Å². The van der Waals surface area contributed by atoms with Gasteiger partial charge in [0.2, 0.25) is 0 Å². The summed E-state index contributed by atoms with van der Waals surface area (Å²) < 4.78 is 0. The van der Waals surface area contributed by atoms with Crippen molar-refractivity contribution in [2.75, 3.05) is 0 Å². The van der Waals surface area contributed by atoms with Gasteiger partial charge >= 0.3 is 0 Å². The zero-order chi connectivity index (χ0) is 17.0. The van der Waals surface area contributed by atoms with E-state index >= 15 is 0 Å². The van der Waals surface area contributed by atoms with Crippen LogP contribution in [0.2, 0.25) is 10.2 Å². The fraction of sp³-hybridized carbons (Fsp3) is 0.417. The molecule has 0 aromatic heterocycles. The summed E-state index contributed by atoms with van der Waals surface area (Å²) in [5, 5.41) is 10.2. The predicted octanol–water partition coefficient (Wildman–Crippen LogP) is -7.37. The van der Waals surface area contributed by atoms with Crippen LogP contribution in [0.4, 0.5) is 0 Å². The number of carbonyl (C=O) groups is 1. The van der Waals surface area contributed by atoms with Crippen LogP contribution in [0.25, 0.3) is 0 Å². The van der Waals surface area contributed by atoms with E-state index in [4.69, 9.17) is 17.3 Å². The van der Waals surface area contributed by atoms with Crippen LogP contribution in [-0.4, -0.2) is 64.1 Å². The Morgan fingerprint density at radius 1 is 1.09 bits per heavy atom. The minimum atomic E-state index is -1.27. The number of hydrogen-bond donors (Lipinski definition) is 2. The lowest BCUT2D eigenvalue weighted by Gasteiger charge is -2.50. The Morgan fingerprint density at radius 3 is 2.14 bits per heavy atom. The molecule has 3 N–H and O–H groups in total. The Kier molecular flexibility index (Phi) is 4.49. The third kappa shape index (κ3) is 2.24. The second kappa shape index (κ2) is 5.54. The van der Waals surface area contributed by atoms with E-state index in [0.717, 1.165) is 21.9 Å². The van der Waals surface area contributed by atoms with Gasteiger partial charge in [-0.1, -0.05) is 34.2 Å². The Hall–Kier alpha value is -0.510. The maximum atomic E-state index is 12.8. The summed E-state index contributed by atoms with van der Waals surface area (Å²) >= 11 is 6.63. The van der Waals surface area contributed by atoms with Gasteiger partial charge in [0.15, 0.2) is 5.78 Å². The van der Waals surface area contributed by atoms with Crippen molar-refractivity contribution in [2.45, 2.75) is 29.7 Å². The summed E-state index contributed by atoms with van der Waals surface area (Å²) in [6.07, 6.45) is 0.110. The van der Waals surface area contributed by atoms with E-state index in [9.17, 15) is 9.90 Å². The average molecular weight is 311 g/mol. The van der Waals surface area contributed by atoms with Crippen LogP contribution in [-0.2, 0) is 10.3 Å². The number of Topliss-reactive ketones (excluding diaryl/α,β-unsaturated/α-hetero) is 1. The Bertz CT molecular complexity index is 639. The minimum absolute atomic E-state index is 0.323. The van der Waals surface area contributed by atoms with Crippen molar-refractivity contribution < 1.29 is 9.90 Å². The molecular weight excluding hydrogens is 290 g/mol. The highest BCUT2D eigenvalue weighted by molar-refractivity contribution is 6.66. The molecule has 0 saturated heterocycles. The SMILES string of the molecule is Bc1c(B)c(B)c(C2(N)C(=O)C(O)CCC2(B)B)c(Cl)c1B. The molecule has 1 aliphatic carbocycles. The van der Waals surface area contributed by atoms with Gasteiger partial charge in [-0.3, -0.25) is 4.79 Å². The smallest absolute Gasteiger partial charge is 0.184 e. The van der Waals surface area contributed by atoms with Crippen LogP contribution in [0.1, 0.15) is 18.4 Å². The first-order chi connectivity index (χ1) is 9.96. The molecule has 2 atom stereocenters. The quantitative estimate of drug-likeness (QED) is 0.507. The average Bonchev–Trinajstić information content (AvgIpc) is 2.46. The summed E-state index contributed by atoms with van der Waals surface area (Å²) in [6, 6.07) is 0. The van der Waals surface area contributed by atoms with Gasteiger partial charge in [-0.15, -0.1) is 10.9 Å². The van der Waals surface area contributed by atoms with E-state index in [1.165, 1.54) is 0 Å². The van der Waals surface area contributed by atoms with Crippen molar-refractivity contribution in [3.63, 3.8) is 0 Å². The molecule has 2 rings (SSSR count). The molecule has 1 aromatic carbocycles. The second-order valence-electron chi connectivity index (χ2n) is 7.30. The molecule has 0 bridgehead atoms. The van der Waals surface area contributed by atoms with E-state index in [1.54, 1.807) is 0 Å². The summed E-state index contributed by atoms with van der Waals surface area (Å²) in [7, 11) is 11.9. The van der Waals surface area contributed by atoms with Gasteiger partial charge in [-0.2, -0.15) is 0 Å². The van der Waals surface area contributed by atoms with Crippen molar-refractivity contribution in [3.05, 3.63) is 10.6 Å². The van der Waals surface area contributed by atoms with Crippen LogP contribution in [0, 0.1) is 0 Å². The van der Waals surface area contributed by atoms with E-state index in [0.29, 0.717) is 23.4 Å². The number of carbonyl (C=O) groups excluding carboxylic acids is 1. The lowest BCUT2D eigenvalue weighted by atomic mass is 9.38. The highest BCUT2D eigenvalue weighted by Crippen LogP contribution is 2.48. The first-order valence-electron chi connectivity index (χ1n) is 7.74. The zero-order valence-electron chi connectivity index (χ0n) is 14.3. The normalized spacial score (nSPS) is 27.8. The fourth-order valence-corrected chi connectivity index (χ4v) is 4.05. The van der Waals surface area contributed by atoms with Gasteiger partial charge in [0, 0.05) is 5.02 Å². The molecule has 1 saturated carbocycles. The topological polar surface area (TPSA) is 63.3 Å². The lowest BCUT2D eigenvalue weighted by molar-refractivity contribution is -0.136. The van der Waals surface area contributed by atoms with E-state index in [-0.39, 0.29) is 5.78 Å². The number of nitrogens with two attached hydrogens (primary N) is 1.